The first-order chi connectivity index (χ1) is 24.8. The number of amides is 2. The second kappa shape index (κ2) is 14.5. The molecule has 12 nitrogen and oxygen atoms in total. The van der Waals surface area contributed by atoms with Crippen molar-refractivity contribution in [1.29, 1.82) is 0 Å². The Morgan fingerprint density at radius 3 is 2.51 bits per heavy atom. The molecule has 0 radical (unpaired) electrons. The summed E-state index contributed by atoms with van der Waals surface area (Å²) in [6.07, 6.45) is 7.48. The number of aromatic nitrogens is 5. The molecule has 5 aromatic rings. The Labute approximate surface area is 291 Å². The average molecular weight is 701 g/mol. The van der Waals surface area contributed by atoms with Crippen molar-refractivity contribution in [2.24, 2.45) is 0 Å². The molecule has 0 atom stereocenters. The van der Waals surface area contributed by atoms with Crippen LogP contribution in [0.5, 0.6) is 11.5 Å². The maximum atomic E-state index is 16.7. The van der Waals surface area contributed by atoms with Crippen molar-refractivity contribution >= 4 is 34.1 Å². The molecule has 0 aliphatic carbocycles. The van der Waals surface area contributed by atoms with Crippen LogP contribution in [0.4, 0.5) is 19.0 Å². The van der Waals surface area contributed by atoms with Crippen LogP contribution in [0.15, 0.2) is 73.2 Å². The van der Waals surface area contributed by atoms with Gasteiger partial charge >= 0.3 is 6.61 Å². The number of anilines is 1. The molecule has 1 saturated heterocycles. The summed E-state index contributed by atoms with van der Waals surface area (Å²) in [6.45, 7) is -0.658. The predicted octanol–water partition coefficient (Wildman–Crippen LogP) is 5.24. The van der Waals surface area contributed by atoms with Gasteiger partial charge in [0.05, 0.1) is 25.4 Å². The summed E-state index contributed by atoms with van der Waals surface area (Å²) >= 11 is 0. The number of hydrogen-bond acceptors (Lipinski definition) is 8. The Bertz CT molecular complexity index is 2080. The molecular formula is C36H35F3N8O4. The minimum absolute atomic E-state index is 0.0367. The van der Waals surface area contributed by atoms with Gasteiger partial charge in [-0.05, 0) is 47.9 Å². The van der Waals surface area contributed by atoms with E-state index in [0.717, 1.165) is 0 Å². The number of alkyl halides is 2. The lowest BCUT2D eigenvalue weighted by Crippen LogP contribution is -2.49. The molecule has 15 heteroatoms. The summed E-state index contributed by atoms with van der Waals surface area (Å²) in [5.74, 6) is -0.115. The van der Waals surface area contributed by atoms with E-state index in [0.29, 0.717) is 66.0 Å². The predicted molar refractivity (Wildman–Crippen MR) is 183 cm³/mol. The fourth-order valence-corrected chi connectivity index (χ4v) is 6.67. The lowest BCUT2D eigenvalue weighted by molar-refractivity contribution is -0.131. The molecule has 0 spiro atoms. The molecule has 2 aliphatic heterocycles. The second-order valence-electron chi connectivity index (χ2n) is 12.2. The zero-order chi connectivity index (χ0) is 35.5. The van der Waals surface area contributed by atoms with Gasteiger partial charge in [0.25, 0.3) is 5.91 Å². The average Bonchev–Trinajstić information content (AvgIpc) is 3.85. The molecule has 7 rings (SSSR count). The summed E-state index contributed by atoms with van der Waals surface area (Å²) in [5.41, 5.74) is 2.72. The molecule has 0 unspecified atom stereocenters. The van der Waals surface area contributed by atoms with Crippen molar-refractivity contribution in [3.8, 4) is 22.6 Å². The first kappa shape index (κ1) is 33.6. The van der Waals surface area contributed by atoms with Crippen LogP contribution in [0.1, 0.15) is 28.9 Å². The van der Waals surface area contributed by atoms with Crippen molar-refractivity contribution in [3.63, 3.8) is 0 Å². The fourth-order valence-electron chi connectivity index (χ4n) is 6.67. The van der Waals surface area contributed by atoms with Gasteiger partial charge in [0.15, 0.2) is 17.4 Å². The molecule has 2 amide bonds. The SMILES string of the molecule is COc1ccccc1-c1cc(C2=CCCN(C(=O)CCn3ccnn3)C2)c(F)c2[nH]c(C(=O)N3CCN(c4ncccc4OC(F)F)CC3)cc12. The van der Waals surface area contributed by atoms with E-state index in [4.69, 9.17) is 4.74 Å². The van der Waals surface area contributed by atoms with Gasteiger partial charge in [0.1, 0.15) is 11.4 Å². The van der Waals surface area contributed by atoms with Gasteiger partial charge in [-0.3, -0.25) is 14.3 Å². The van der Waals surface area contributed by atoms with Crippen LogP contribution in [0.3, 0.4) is 0 Å². The van der Waals surface area contributed by atoms with Crippen molar-refractivity contribution in [2.45, 2.75) is 26.0 Å². The second-order valence-corrected chi connectivity index (χ2v) is 12.2. The number of rotatable bonds is 10. The van der Waals surface area contributed by atoms with Crippen LogP contribution in [-0.4, -0.2) is 99.6 Å². The quantitative estimate of drug-likeness (QED) is 0.210. The number of methoxy groups -OCH3 is 1. The number of carbonyl (C=O) groups is 2. The normalized spacial score (nSPS) is 15.0. The minimum atomic E-state index is -2.99. The topological polar surface area (TPSA) is 122 Å². The van der Waals surface area contributed by atoms with Gasteiger partial charge in [-0.2, -0.15) is 8.78 Å². The summed E-state index contributed by atoms with van der Waals surface area (Å²) < 4.78 is 54.6. The Morgan fingerprint density at radius 2 is 1.75 bits per heavy atom. The molecule has 1 fully saturated rings. The zero-order valence-corrected chi connectivity index (χ0v) is 27.8. The highest BCUT2D eigenvalue weighted by atomic mass is 19.3. The zero-order valence-electron chi connectivity index (χ0n) is 27.8. The third-order valence-electron chi connectivity index (χ3n) is 9.19. The molecule has 2 aliphatic rings. The number of nitrogens with one attached hydrogen (secondary N) is 1. The van der Waals surface area contributed by atoms with Crippen LogP contribution in [0.25, 0.3) is 27.6 Å². The lowest BCUT2D eigenvalue weighted by atomic mass is 9.93. The Morgan fingerprint density at radius 1 is 0.941 bits per heavy atom. The highest BCUT2D eigenvalue weighted by Crippen LogP contribution is 2.40. The molecule has 51 heavy (non-hydrogen) atoms. The monoisotopic (exact) mass is 700 g/mol. The van der Waals surface area contributed by atoms with Crippen LogP contribution < -0.4 is 14.4 Å². The van der Waals surface area contributed by atoms with Gasteiger partial charge in [0, 0.05) is 74.6 Å². The standard InChI is InChI=1S/C36H35F3N8O4/c1-50-29-8-3-2-7-24(29)26-20-25(23-6-5-13-46(22-23)31(48)10-14-47-15-12-41-43-47)32(37)33-27(26)21-28(42-33)35(49)45-18-16-44(17-19-45)34-30(51-36(38)39)9-4-11-40-34/h2-4,6-9,11-12,15,20-21,36,42H,5,10,13-14,16-19,22H2,1H3. The number of benzene rings is 2. The van der Waals surface area contributed by atoms with Crippen LogP contribution in [0.2, 0.25) is 0 Å². The maximum absolute atomic E-state index is 16.7. The van der Waals surface area contributed by atoms with Crippen LogP contribution in [0, 0.1) is 5.82 Å². The number of fused-ring (bicyclic) bond motifs is 1. The number of pyridine rings is 1. The van der Waals surface area contributed by atoms with E-state index >= 15 is 4.39 Å². The number of carbonyl (C=O) groups excluding carboxylic acids is 2. The van der Waals surface area contributed by atoms with Gasteiger partial charge in [0.2, 0.25) is 5.91 Å². The van der Waals surface area contributed by atoms with Gasteiger partial charge in [-0.25, -0.2) is 9.37 Å². The van der Waals surface area contributed by atoms with Crippen LogP contribution >= 0.6 is 0 Å². The van der Waals surface area contributed by atoms with Crippen molar-refractivity contribution < 1.29 is 32.2 Å². The Hall–Kier alpha value is -5.86. The minimum Gasteiger partial charge on any atom is -0.496 e. The number of hydrogen-bond donors (Lipinski definition) is 1. The van der Waals surface area contributed by atoms with Gasteiger partial charge in [-0.15, -0.1) is 5.10 Å². The van der Waals surface area contributed by atoms with Gasteiger partial charge < -0.3 is 29.2 Å². The largest absolute Gasteiger partial charge is 0.496 e. The van der Waals surface area contributed by atoms with E-state index < -0.39 is 12.4 Å². The lowest BCUT2D eigenvalue weighted by Gasteiger charge is -2.35. The summed E-state index contributed by atoms with van der Waals surface area (Å²) in [6, 6.07) is 13.8. The van der Waals surface area contributed by atoms with E-state index in [1.165, 1.54) is 18.3 Å². The molecule has 3 aromatic heterocycles. The smallest absolute Gasteiger partial charge is 0.387 e. The number of halogens is 3. The number of nitrogens with zero attached hydrogens (tertiary/aromatic N) is 7. The number of aromatic amines is 1. The number of para-hydroxylation sites is 1. The summed E-state index contributed by atoms with van der Waals surface area (Å²) in [5, 5.41) is 8.21. The highest BCUT2D eigenvalue weighted by Gasteiger charge is 2.29. The van der Waals surface area contributed by atoms with Gasteiger partial charge in [-0.1, -0.05) is 29.5 Å². The third kappa shape index (κ3) is 6.96. The molecule has 5 heterocycles. The van der Waals surface area contributed by atoms with Crippen molar-refractivity contribution in [3.05, 3.63) is 90.3 Å². The molecule has 264 valence electrons. The van der Waals surface area contributed by atoms with E-state index in [1.54, 1.807) is 51.0 Å². The Kier molecular flexibility index (Phi) is 9.59. The highest BCUT2D eigenvalue weighted by molar-refractivity contribution is 6.05. The first-order valence-electron chi connectivity index (χ1n) is 16.5. The maximum Gasteiger partial charge on any atom is 0.387 e. The van der Waals surface area contributed by atoms with Crippen molar-refractivity contribution in [1.82, 2.24) is 34.8 Å². The van der Waals surface area contributed by atoms with E-state index in [2.05, 4.69) is 25.0 Å². The summed E-state index contributed by atoms with van der Waals surface area (Å²) in [4.78, 5) is 39.5. The molecule has 0 bridgehead atoms. The van der Waals surface area contributed by atoms with E-state index in [-0.39, 0.29) is 60.6 Å². The molecular weight excluding hydrogens is 665 g/mol. The number of piperazine rings is 1. The number of H-pyrrole nitrogens is 1. The molecule has 2 aromatic carbocycles. The molecule has 1 N–H and O–H groups in total. The number of ether oxygens (including phenoxy) is 2. The Balaban J connectivity index is 1.17. The summed E-state index contributed by atoms with van der Waals surface area (Å²) in [7, 11) is 1.56. The first-order valence-corrected chi connectivity index (χ1v) is 16.5. The van der Waals surface area contributed by atoms with Crippen molar-refractivity contribution in [2.75, 3.05) is 51.3 Å². The number of aryl methyl sites for hydroxylation is 1. The fraction of sp³-hybridized carbons (Fsp3) is 0.306. The van der Waals surface area contributed by atoms with Crippen LogP contribution in [-0.2, 0) is 11.3 Å². The van der Waals surface area contributed by atoms with E-state index in [1.807, 2.05) is 30.3 Å². The molecule has 0 saturated carbocycles. The van der Waals surface area contributed by atoms with E-state index in [9.17, 15) is 18.4 Å². The third-order valence-corrected chi connectivity index (χ3v) is 9.19.